The van der Waals surface area contributed by atoms with Crippen molar-refractivity contribution in [2.75, 3.05) is 16.0 Å². The molecule has 7 heteroatoms. The van der Waals surface area contributed by atoms with E-state index in [9.17, 15) is 18.8 Å². The number of carbonyl (C=O) groups is 3. The van der Waals surface area contributed by atoms with Gasteiger partial charge in [-0.2, -0.15) is 0 Å². The van der Waals surface area contributed by atoms with Crippen molar-refractivity contribution in [3.63, 3.8) is 0 Å². The third-order valence-corrected chi connectivity index (χ3v) is 4.13. The van der Waals surface area contributed by atoms with Crippen LogP contribution in [0.15, 0.2) is 78.9 Å². The van der Waals surface area contributed by atoms with Gasteiger partial charge in [0.1, 0.15) is 5.82 Å². The summed E-state index contributed by atoms with van der Waals surface area (Å²) in [7, 11) is 0. The Balaban J connectivity index is 1.60. The Morgan fingerprint density at radius 3 is 2.13 bits per heavy atom. The van der Waals surface area contributed by atoms with Crippen LogP contribution in [0.1, 0.15) is 22.8 Å². The van der Waals surface area contributed by atoms with E-state index in [1.165, 1.54) is 37.3 Å². The van der Waals surface area contributed by atoms with E-state index in [1.54, 1.807) is 54.6 Å². The number of carbonyl (C=O) groups excluding carboxylic acids is 3. The van der Waals surface area contributed by atoms with E-state index in [0.717, 1.165) is 5.56 Å². The van der Waals surface area contributed by atoms with E-state index in [4.69, 9.17) is 0 Å². The number of hydrogen-bond donors (Lipinski definition) is 3. The van der Waals surface area contributed by atoms with E-state index in [2.05, 4.69) is 16.0 Å². The van der Waals surface area contributed by atoms with E-state index in [1.807, 2.05) is 0 Å². The summed E-state index contributed by atoms with van der Waals surface area (Å²) in [5, 5.41) is 7.97. The Hall–Kier alpha value is -4.26. The first kappa shape index (κ1) is 21.4. The molecule has 0 heterocycles. The topological polar surface area (TPSA) is 87.3 Å². The Morgan fingerprint density at radius 2 is 1.45 bits per heavy atom. The molecule has 0 atom stereocenters. The molecule has 6 nitrogen and oxygen atoms in total. The first-order valence-electron chi connectivity index (χ1n) is 9.43. The number of amides is 3. The molecule has 0 radical (unpaired) electrons. The van der Waals surface area contributed by atoms with Gasteiger partial charge in [-0.25, -0.2) is 4.39 Å². The van der Waals surface area contributed by atoms with Crippen molar-refractivity contribution in [3.05, 3.63) is 95.8 Å². The smallest absolute Gasteiger partial charge is 0.255 e. The zero-order chi connectivity index (χ0) is 22.2. The second-order valence-electron chi connectivity index (χ2n) is 6.67. The summed E-state index contributed by atoms with van der Waals surface area (Å²) >= 11 is 0. The van der Waals surface area contributed by atoms with Gasteiger partial charge in [0.2, 0.25) is 11.8 Å². The van der Waals surface area contributed by atoms with Crippen LogP contribution in [0, 0.1) is 5.82 Å². The molecule has 0 unspecified atom stereocenters. The van der Waals surface area contributed by atoms with Crippen molar-refractivity contribution in [2.24, 2.45) is 0 Å². The summed E-state index contributed by atoms with van der Waals surface area (Å²) in [5.41, 5.74) is 2.56. The summed E-state index contributed by atoms with van der Waals surface area (Å²) in [4.78, 5) is 35.6. The van der Waals surface area contributed by atoms with Gasteiger partial charge >= 0.3 is 0 Å². The van der Waals surface area contributed by atoms with Gasteiger partial charge in [-0.1, -0.05) is 24.3 Å². The summed E-state index contributed by atoms with van der Waals surface area (Å²) in [6.07, 6.45) is 3.00. The summed E-state index contributed by atoms with van der Waals surface area (Å²) in [5.74, 6) is -1.39. The molecule has 3 aromatic rings. The minimum absolute atomic E-state index is 0.158. The molecule has 3 amide bonds. The van der Waals surface area contributed by atoms with Crippen molar-refractivity contribution in [3.8, 4) is 0 Å². The number of rotatable bonds is 6. The predicted molar refractivity (Wildman–Crippen MR) is 119 cm³/mol. The van der Waals surface area contributed by atoms with E-state index >= 15 is 0 Å². The monoisotopic (exact) mass is 417 g/mol. The van der Waals surface area contributed by atoms with Crippen LogP contribution in [0.3, 0.4) is 0 Å². The van der Waals surface area contributed by atoms with E-state index < -0.39 is 11.7 Å². The molecule has 0 bridgehead atoms. The molecule has 0 saturated carbocycles. The minimum atomic E-state index is -0.449. The van der Waals surface area contributed by atoms with Gasteiger partial charge in [0.25, 0.3) is 5.91 Å². The average molecular weight is 417 g/mol. The maximum Gasteiger partial charge on any atom is 0.255 e. The minimum Gasteiger partial charge on any atom is -0.326 e. The highest BCUT2D eigenvalue weighted by Crippen LogP contribution is 2.15. The third kappa shape index (κ3) is 6.64. The van der Waals surface area contributed by atoms with Crippen molar-refractivity contribution in [1.82, 2.24) is 0 Å². The fourth-order valence-corrected chi connectivity index (χ4v) is 2.74. The SMILES string of the molecule is CC(=O)Nc1ccc(C=CC(=O)Nc2cccc(C(=O)Nc3cccc(F)c3)c2)cc1. The second kappa shape index (κ2) is 9.98. The Morgan fingerprint density at radius 1 is 0.774 bits per heavy atom. The molecule has 0 aromatic heterocycles. The molecule has 3 N–H and O–H groups in total. The highest BCUT2D eigenvalue weighted by molar-refractivity contribution is 6.06. The Labute approximate surface area is 178 Å². The molecule has 156 valence electrons. The molecule has 0 aliphatic rings. The molecule has 3 rings (SSSR count). The van der Waals surface area contributed by atoms with Crippen molar-refractivity contribution >= 4 is 40.9 Å². The van der Waals surface area contributed by atoms with E-state index in [-0.39, 0.29) is 11.8 Å². The van der Waals surface area contributed by atoms with Gasteiger partial charge in [-0.15, -0.1) is 0 Å². The third-order valence-electron chi connectivity index (χ3n) is 4.13. The van der Waals surface area contributed by atoms with Crippen LogP contribution in [-0.2, 0) is 9.59 Å². The number of hydrogen-bond acceptors (Lipinski definition) is 3. The summed E-state index contributed by atoms with van der Waals surface area (Å²) in [6.45, 7) is 1.43. The first-order valence-corrected chi connectivity index (χ1v) is 9.43. The molecule has 31 heavy (non-hydrogen) atoms. The van der Waals surface area contributed by atoms with Gasteiger partial charge in [-0.05, 0) is 60.2 Å². The number of nitrogens with one attached hydrogen (secondary N) is 3. The predicted octanol–water partition coefficient (Wildman–Crippen LogP) is 4.69. The highest BCUT2D eigenvalue weighted by Gasteiger charge is 2.08. The molecule has 3 aromatic carbocycles. The Bertz CT molecular complexity index is 1140. The van der Waals surface area contributed by atoms with Gasteiger partial charge in [0.15, 0.2) is 0 Å². The largest absolute Gasteiger partial charge is 0.326 e. The van der Waals surface area contributed by atoms with Crippen LogP contribution in [0.2, 0.25) is 0 Å². The standard InChI is InChI=1S/C24H20FN3O3/c1-16(29)26-20-11-8-17(9-12-20)10-13-23(30)27-21-6-2-4-18(14-21)24(31)28-22-7-3-5-19(25)15-22/h2-15H,1H3,(H,26,29)(H,27,30)(H,28,31). The molecule has 0 spiro atoms. The molecular weight excluding hydrogens is 397 g/mol. The van der Waals surface area contributed by atoms with Crippen LogP contribution in [0.4, 0.5) is 21.5 Å². The zero-order valence-corrected chi connectivity index (χ0v) is 16.7. The van der Waals surface area contributed by atoms with Crippen LogP contribution in [0.5, 0.6) is 0 Å². The summed E-state index contributed by atoms with van der Waals surface area (Å²) < 4.78 is 13.3. The molecule has 0 saturated heterocycles. The summed E-state index contributed by atoms with van der Waals surface area (Å²) in [6, 6.07) is 19.0. The van der Waals surface area contributed by atoms with Crippen LogP contribution in [0.25, 0.3) is 6.08 Å². The van der Waals surface area contributed by atoms with Crippen molar-refractivity contribution in [1.29, 1.82) is 0 Å². The number of halogens is 1. The lowest BCUT2D eigenvalue weighted by Crippen LogP contribution is -2.13. The zero-order valence-electron chi connectivity index (χ0n) is 16.7. The number of anilines is 3. The van der Waals surface area contributed by atoms with Crippen molar-refractivity contribution in [2.45, 2.75) is 6.92 Å². The van der Waals surface area contributed by atoms with Gasteiger partial charge < -0.3 is 16.0 Å². The van der Waals surface area contributed by atoms with Gasteiger partial charge in [0, 0.05) is 35.6 Å². The quantitative estimate of drug-likeness (QED) is 0.509. The number of benzene rings is 3. The highest BCUT2D eigenvalue weighted by atomic mass is 19.1. The lowest BCUT2D eigenvalue weighted by molar-refractivity contribution is -0.114. The van der Waals surface area contributed by atoms with Gasteiger partial charge in [-0.3, -0.25) is 14.4 Å². The van der Waals surface area contributed by atoms with Crippen LogP contribution < -0.4 is 16.0 Å². The normalized spacial score (nSPS) is 10.5. The van der Waals surface area contributed by atoms with Gasteiger partial charge in [0.05, 0.1) is 0 Å². The lowest BCUT2D eigenvalue weighted by Gasteiger charge is -2.08. The molecule has 0 aliphatic carbocycles. The second-order valence-corrected chi connectivity index (χ2v) is 6.67. The van der Waals surface area contributed by atoms with Crippen molar-refractivity contribution < 1.29 is 18.8 Å². The van der Waals surface area contributed by atoms with Crippen LogP contribution >= 0.6 is 0 Å². The molecule has 0 fully saturated rings. The van der Waals surface area contributed by atoms with Crippen LogP contribution in [-0.4, -0.2) is 17.7 Å². The van der Waals surface area contributed by atoms with E-state index in [0.29, 0.717) is 22.6 Å². The average Bonchev–Trinajstić information content (AvgIpc) is 2.73. The lowest BCUT2D eigenvalue weighted by atomic mass is 10.1. The maximum absolute atomic E-state index is 13.3. The fraction of sp³-hybridized carbons (Fsp3) is 0.0417. The molecular formula is C24H20FN3O3. The molecule has 0 aliphatic heterocycles. The fourth-order valence-electron chi connectivity index (χ4n) is 2.74. The first-order chi connectivity index (χ1) is 14.9. The maximum atomic E-state index is 13.3. The Kier molecular flexibility index (Phi) is 6.90.